The molecule has 1 aliphatic rings. The Labute approximate surface area is 161 Å². The summed E-state index contributed by atoms with van der Waals surface area (Å²) < 4.78 is 11.1. The molecule has 1 aliphatic heterocycles. The van der Waals surface area contributed by atoms with E-state index in [-0.39, 0.29) is 24.3 Å². The summed E-state index contributed by atoms with van der Waals surface area (Å²) in [7, 11) is 0. The lowest BCUT2D eigenvalue weighted by molar-refractivity contribution is 0.0993. The topological polar surface area (TPSA) is 83.8 Å². The van der Waals surface area contributed by atoms with E-state index in [9.17, 15) is 9.59 Å². The van der Waals surface area contributed by atoms with Crippen molar-refractivity contribution in [3.05, 3.63) is 78.3 Å². The number of ether oxygens (including phenoxy) is 1. The molecule has 28 heavy (non-hydrogen) atoms. The molecule has 1 fully saturated rings. The first-order chi connectivity index (χ1) is 13.7. The van der Waals surface area contributed by atoms with Crippen molar-refractivity contribution < 1.29 is 18.7 Å². The number of furan rings is 1. The van der Waals surface area contributed by atoms with Crippen molar-refractivity contribution >= 4 is 23.3 Å². The average molecular weight is 377 g/mol. The van der Waals surface area contributed by atoms with Crippen LogP contribution in [0.2, 0.25) is 0 Å². The Balaban J connectivity index is 1.44. The number of anilines is 2. The van der Waals surface area contributed by atoms with Crippen LogP contribution in [0.1, 0.15) is 16.1 Å². The van der Waals surface area contributed by atoms with Crippen molar-refractivity contribution in [2.75, 3.05) is 23.3 Å². The Hall–Kier alpha value is -3.74. The van der Waals surface area contributed by atoms with Crippen LogP contribution >= 0.6 is 0 Å². The standard InChI is InChI=1S/C21H19N3O4/c25-20(19-15(9-12-27-19)14-28-18-7-2-1-3-8-18)23-16-5-4-6-17(13-16)24-11-10-22-21(24)26/h1-9,12-13H,10-11,14H2,(H,22,26)(H,23,25). The fourth-order valence-electron chi connectivity index (χ4n) is 2.98. The van der Waals surface area contributed by atoms with Crippen LogP contribution in [0.4, 0.5) is 16.2 Å². The third-order valence-electron chi connectivity index (χ3n) is 4.36. The maximum Gasteiger partial charge on any atom is 0.321 e. The lowest BCUT2D eigenvalue weighted by Gasteiger charge is -2.15. The molecular weight excluding hydrogens is 358 g/mol. The van der Waals surface area contributed by atoms with Gasteiger partial charge in [-0.15, -0.1) is 0 Å². The van der Waals surface area contributed by atoms with Gasteiger partial charge in [0.05, 0.1) is 6.26 Å². The summed E-state index contributed by atoms with van der Waals surface area (Å²) in [6, 6.07) is 18.1. The number of carbonyl (C=O) groups is 2. The molecule has 2 heterocycles. The van der Waals surface area contributed by atoms with Gasteiger partial charge >= 0.3 is 6.03 Å². The van der Waals surface area contributed by atoms with E-state index in [0.717, 1.165) is 5.69 Å². The quantitative estimate of drug-likeness (QED) is 0.687. The van der Waals surface area contributed by atoms with Crippen LogP contribution in [-0.4, -0.2) is 25.0 Å². The van der Waals surface area contributed by atoms with Gasteiger partial charge in [0.2, 0.25) is 0 Å². The molecule has 0 bridgehead atoms. The van der Waals surface area contributed by atoms with E-state index < -0.39 is 0 Å². The van der Waals surface area contributed by atoms with Gasteiger partial charge in [-0.1, -0.05) is 24.3 Å². The Morgan fingerprint density at radius 1 is 1.14 bits per heavy atom. The van der Waals surface area contributed by atoms with Gasteiger partial charge in [-0.05, 0) is 36.4 Å². The van der Waals surface area contributed by atoms with Crippen molar-refractivity contribution in [3.63, 3.8) is 0 Å². The van der Waals surface area contributed by atoms with Gasteiger partial charge in [-0.2, -0.15) is 0 Å². The van der Waals surface area contributed by atoms with Gasteiger partial charge < -0.3 is 19.8 Å². The molecule has 1 saturated heterocycles. The SMILES string of the molecule is O=C(Nc1cccc(N2CCNC2=O)c1)c1occc1COc1ccccc1. The zero-order valence-corrected chi connectivity index (χ0v) is 15.1. The summed E-state index contributed by atoms with van der Waals surface area (Å²) >= 11 is 0. The molecule has 2 N–H and O–H groups in total. The summed E-state index contributed by atoms with van der Waals surface area (Å²) in [5.74, 6) is 0.534. The highest BCUT2D eigenvalue weighted by molar-refractivity contribution is 6.04. The van der Waals surface area contributed by atoms with E-state index in [0.29, 0.717) is 30.1 Å². The highest BCUT2D eigenvalue weighted by atomic mass is 16.5. The largest absolute Gasteiger partial charge is 0.489 e. The van der Waals surface area contributed by atoms with E-state index in [4.69, 9.17) is 9.15 Å². The van der Waals surface area contributed by atoms with Gasteiger partial charge in [-0.3, -0.25) is 9.69 Å². The maximum absolute atomic E-state index is 12.7. The van der Waals surface area contributed by atoms with Crippen LogP contribution in [0.3, 0.4) is 0 Å². The van der Waals surface area contributed by atoms with Crippen molar-refractivity contribution in [2.45, 2.75) is 6.61 Å². The number of benzene rings is 2. The number of rotatable bonds is 6. The molecule has 2 aromatic carbocycles. The van der Waals surface area contributed by atoms with Crippen molar-refractivity contribution in [1.29, 1.82) is 0 Å². The molecule has 3 amide bonds. The number of nitrogens with zero attached hydrogens (tertiary/aromatic N) is 1. The molecule has 3 aromatic rings. The van der Waals surface area contributed by atoms with Gasteiger partial charge in [0.1, 0.15) is 12.4 Å². The van der Waals surface area contributed by atoms with Crippen LogP contribution in [0, 0.1) is 0 Å². The fourth-order valence-corrected chi connectivity index (χ4v) is 2.98. The van der Waals surface area contributed by atoms with Crippen LogP contribution in [0.15, 0.2) is 71.3 Å². The van der Waals surface area contributed by atoms with E-state index >= 15 is 0 Å². The minimum absolute atomic E-state index is 0.144. The molecular formula is C21H19N3O4. The third-order valence-corrected chi connectivity index (χ3v) is 4.36. The zero-order valence-electron chi connectivity index (χ0n) is 15.1. The van der Waals surface area contributed by atoms with Crippen LogP contribution in [0.5, 0.6) is 5.75 Å². The molecule has 0 aliphatic carbocycles. The summed E-state index contributed by atoms with van der Waals surface area (Å²) in [4.78, 5) is 26.1. The number of hydrogen-bond acceptors (Lipinski definition) is 4. The summed E-state index contributed by atoms with van der Waals surface area (Å²) in [6.07, 6.45) is 1.46. The van der Waals surface area contributed by atoms with Gasteiger partial charge in [0.25, 0.3) is 5.91 Å². The Morgan fingerprint density at radius 2 is 2.00 bits per heavy atom. The first-order valence-corrected chi connectivity index (χ1v) is 8.92. The second-order valence-electron chi connectivity index (χ2n) is 6.26. The predicted molar refractivity (Wildman–Crippen MR) is 105 cm³/mol. The fraction of sp³-hybridized carbons (Fsp3) is 0.143. The number of nitrogens with one attached hydrogen (secondary N) is 2. The number of para-hydroxylation sites is 1. The molecule has 0 unspecified atom stereocenters. The Morgan fingerprint density at radius 3 is 2.79 bits per heavy atom. The van der Waals surface area contributed by atoms with E-state index in [1.165, 1.54) is 6.26 Å². The molecule has 1 aromatic heterocycles. The van der Waals surface area contributed by atoms with Crippen LogP contribution < -0.4 is 20.3 Å². The summed E-state index contributed by atoms with van der Waals surface area (Å²) in [6.45, 7) is 1.42. The minimum atomic E-state index is -0.375. The van der Waals surface area contributed by atoms with Gasteiger partial charge in [0.15, 0.2) is 5.76 Å². The first kappa shape index (κ1) is 17.7. The monoisotopic (exact) mass is 377 g/mol. The van der Waals surface area contributed by atoms with Gasteiger partial charge in [-0.25, -0.2) is 4.79 Å². The molecule has 7 heteroatoms. The van der Waals surface area contributed by atoms with Crippen LogP contribution in [0.25, 0.3) is 0 Å². The molecule has 4 rings (SSSR count). The van der Waals surface area contributed by atoms with E-state index in [2.05, 4.69) is 10.6 Å². The zero-order chi connectivity index (χ0) is 19.3. The smallest absolute Gasteiger partial charge is 0.321 e. The lowest BCUT2D eigenvalue weighted by Crippen LogP contribution is -2.27. The number of hydrogen-bond donors (Lipinski definition) is 2. The first-order valence-electron chi connectivity index (χ1n) is 8.92. The average Bonchev–Trinajstić information content (AvgIpc) is 3.36. The normalized spacial score (nSPS) is 13.3. The molecule has 0 saturated carbocycles. The molecule has 0 spiro atoms. The minimum Gasteiger partial charge on any atom is -0.489 e. The summed E-state index contributed by atoms with van der Waals surface area (Å²) in [5.41, 5.74) is 1.95. The van der Waals surface area contributed by atoms with Crippen LogP contribution in [-0.2, 0) is 6.61 Å². The Kier molecular flexibility index (Phi) is 4.97. The molecule has 7 nitrogen and oxygen atoms in total. The highest BCUT2D eigenvalue weighted by Crippen LogP contribution is 2.22. The molecule has 0 atom stereocenters. The second-order valence-corrected chi connectivity index (χ2v) is 6.26. The van der Waals surface area contributed by atoms with Crippen molar-refractivity contribution in [1.82, 2.24) is 5.32 Å². The number of carbonyl (C=O) groups excluding carboxylic acids is 2. The third kappa shape index (κ3) is 3.83. The van der Waals surface area contributed by atoms with E-state index in [1.54, 1.807) is 29.2 Å². The molecule has 0 radical (unpaired) electrons. The van der Waals surface area contributed by atoms with E-state index in [1.807, 2.05) is 36.4 Å². The predicted octanol–water partition coefficient (Wildman–Crippen LogP) is 3.64. The molecule has 142 valence electrons. The summed E-state index contributed by atoms with van der Waals surface area (Å²) in [5, 5.41) is 5.57. The second kappa shape index (κ2) is 7.87. The maximum atomic E-state index is 12.7. The highest BCUT2D eigenvalue weighted by Gasteiger charge is 2.22. The van der Waals surface area contributed by atoms with Gasteiger partial charge in [0, 0.05) is 30.0 Å². The lowest BCUT2D eigenvalue weighted by atomic mass is 10.2. The van der Waals surface area contributed by atoms with Crippen molar-refractivity contribution in [2.24, 2.45) is 0 Å². The Bertz CT molecular complexity index is 984. The number of urea groups is 1. The number of amides is 3. The van der Waals surface area contributed by atoms with Crippen molar-refractivity contribution in [3.8, 4) is 5.75 Å².